The minimum Gasteiger partial charge on any atom is -0.347 e. The van der Waals surface area contributed by atoms with Gasteiger partial charge in [0, 0.05) is 32.2 Å². The number of benzene rings is 1. The maximum absolute atomic E-state index is 12.8. The van der Waals surface area contributed by atoms with Gasteiger partial charge >= 0.3 is 0 Å². The van der Waals surface area contributed by atoms with E-state index in [1.54, 1.807) is 6.20 Å². The normalized spacial score (nSPS) is 20.3. The van der Waals surface area contributed by atoms with Gasteiger partial charge in [-0.3, -0.25) is 9.69 Å². The van der Waals surface area contributed by atoms with E-state index in [1.165, 1.54) is 5.56 Å². The molecule has 1 aromatic carbocycles. The summed E-state index contributed by atoms with van der Waals surface area (Å²) in [6, 6.07) is 10.5. The summed E-state index contributed by atoms with van der Waals surface area (Å²) in [7, 11) is 0. The lowest BCUT2D eigenvalue weighted by molar-refractivity contribution is 0.0896. The van der Waals surface area contributed by atoms with Crippen LogP contribution in [-0.2, 0) is 6.54 Å². The number of hydrogen-bond acceptors (Lipinski definition) is 5. The molecule has 1 amide bonds. The largest absolute Gasteiger partial charge is 0.347 e. The van der Waals surface area contributed by atoms with Crippen LogP contribution in [0.25, 0.3) is 0 Å². The molecule has 1 N–H and O–H groups in total. The Kier molecular flexibility index (Phi) is 6.07. The van der Waals surface area contributed by atoms with Crippen LogP contribution in [0.5, 0.6) is 0 Å². The molecule has 2 aliphatic rings. The van der Waals surface area contributed by atoms with Crippen molar-refractivity contribution in [3.8, 4) is 0 Å². The fourth-order valence-electron chi connectivity index (χ4n) is 4.00. The summed E-state index contributed by atoms with van der Waals surface area (Å²) in [4.78, 5) is 26.1. The summed E-state index contributed by atoms with van der Waals surface area (Å²) in [6.07, 6.45) is 5.84. The van der Waals surface area contributed by atoms with Gasteiger partial charge < -0.3 is 10.2 Å². The first kappa shape index (κ1) is 19.2. The molecule has 1 atom stereocenters. The molecule has 6 nitrogen and oxygen atoms in total. The van der Waals surface area contributed by atoms with Crippen LogP contribution in [0, 0.1) is 0 Å². The van der Waals surface area contributed by atoms with E-state index in [9.17, 15) is 4.79 Å². The second-order valence-corrected chi connectivity index (χ2v) is 8.00. The van der Waals surface area contributed by atoms with E-state index >= 15 is 0 Å². The number of nitrogens with one attached hydrogen (secondary N) is 1. The third kappa shape index (κ3) is 4.62. The lowest BCUT2D eigenvalue weighted by Gasteiger charge is -2.33. The summed E-state index contributed by atoms with van der Waals surface area (Å²) in [5, 5.41) is 3.44. The average Bonchev–Trinajstić information content (AvgIpc) is 3.24. The lowest BCUT2D eigenvalue weighted by atomic mass is 10.0. The number of anilines is 1. The summed E-state index contributed by atoms with van der Waals surface area (Å²) >= 11 is 6.24. The standard InChI is InChI=1S/C21H26ClN5O/c22-18-13-23-21(27-11-4-5-12-27)25-19(18)20(28)24-17-9-6-10-26(15-17)14-16-7-2-1-3-8-16/h1-3,7-8,13,17H,4-6,9-12,14-15H2,(H,24,28). The molecule has 2 aromatic rings. The zero-order valence-electron chi connectivity index (χ0n) is 16.0. The Morgan fingerprint density at radius 1 is 1.14 bits per heavy atom. The van der Waals surface area contributed by atoms with Crippen molar-refractivity contribution in [2.45, 2.75) is 38.3 Å². The highest BCUT2D eigenvalue weighted by molar-refractivity contribution is 6.33. The molecule has 28 heavy (non-hydrogen) atoms. The Balaban J connectivity index is 1.39. The maximum atomic E-state index is 12.8. The van der Waals surface area contributed by atoms with E-state index in [4.69, 9.17) is 11.6 Å². The second kappa shape index (κ2) is 8.88. The molecule has 0 spiro atoms. The fourth-order valence-corrected chi connectivity index (χ4v) is 4.18. The van der Waals surface area contributed by atoms with Gasteiger partial charge in [0.05, 0.1) is 11.2 Å². The molecule has 7 heteroatoms. The molecule has 2 aliphatic heterocycles. The Morgan fingerprint density at radius 3 is 2.71 bits per heavy atom. The number of rotatable bonds is 5. The third-order valence-electron chi connectivity index (χ3n) is 5.43. The zero-order chi connectivity index (χ0) is 19.3. The Labute approximate surface area is 170 Å². The fraction of sp³-hybridized carbons (Fsp3) is 0.476. The minimum atomic E-state index is -0.209. The lowest BCUT2D eigenvalue weighted by Crippen LogP contribution is -2.47. The highest BCUT2D eigenvalue weighted by Gasteiger charge is 2.25. The number of carbonyl (C=O) groups excluding carboxylic acids is 1. The van der Waals surface area contributed by atoms with Crippen molar-refractivity contribution in [1.82, 2.24) is 20.2 Å². The number of amides is 1. The topological polar surface area (TPSA) is 61.4 Å². The van der Waals surface area contributed by atoms with Gasteiger partial charge in [-0.1, -0.05) is 41.9 Å². The van der Waals surface area contributed by atoms with Crippen LogP contribution >= 0.6 is 11.6 Å². The van der Waals surface area contributed by atoms with Crippen molar-refractivity contribution >= 4 is 23.5 Å². The smallest absolute Gasteiger partial charge is 0.271 e. The van der Waals surface area contributed by atoms with Crippen LogP contribution in [0.1, 0.15) is 41.7 Å². The number of hydrogen-bond donors (Lipinski definition) is 1. The van der Waals surface area contributed by atoms with E-state index in [-0.39, 0.29) is 17.6 Å². The number of piperidine rings is 1. The second-order valence-electron chi connectivity index (χ2n) is 7.59. The van der Waals surface area contributed by atoms with Crippen molar-refractivity contribution in [1.29, 1.82) is 0 Å². The number of likely N-dealkylation sites (tertiary alicyclic amines) is 1. The van der Waals surface area contributed by atoms with Crippen LogP contribution in [0.15, 0.2) is 36.5 Å². The van der Waals surface area contributed by atoms with Gasteiger partial charge in [0.15, 0.2) is 5.69 Å². The molecule has 3 heterocycles. The number of aromatic nitrogens is 2. The molecule has 1 unspecified atom stereocenters. The predicted octanol–water partition coefficient (Wildman–Crippen LogP) is 3.12. The van der Waals surface area contributed by atoms with Gasteiger partial charge in [-0.05, 0) is 37.8 Å². The first-order valence-corrected chi connectivity index (χ1v) is 10.4. The van der Waals surface area contributed by atoms with E-state index in [2.05, 4.69) is 49.4 Å². The molecule has 0 bridgehead atoms. The van der Waals surface area contributed by atoms with Gasteiger partial charge in [-0.15, -0.1) is 0 Å². The van der Waals surface area contributed by atoms with Crippen LogP contribution in [-0.4, -0.2) is 53.0 Å². The summed E-state index contributed by atoms with van der Waals surface area (Å²) < 4.78 is 0. The van der Waals surface area contributed by atoms with E-state index in [0.717, 1.165) is 58.4 Å². The van der Waals surface area contributed by atoms with Crippen LogP contribution < -0.4 is 10.2 Å². The molecule has 1 aromatic heterocycles. The molecule has 2 saturated heterocycles. The van der Waals surface area contributed by atoms with Gasteiger partial charge in [0.2, 0.25) is 5.95 Å². The van der Waals surface area contributed by atoms with E-state index in [1.807, 2.05) is 6.07 Å². The highest BCUT2D eigenvalue weighted by atomic mass is 35.5. The quantitative estimate of drug-likeness (QED) is 0.836. The third-order valence-corrected chi connectivity index (χ3v) is 5.70. The van der Waals surface area contributed by atoms with Gasteiger partial charge in [-0.2, -0.15) is 0 Å². The number of nitrogens with zero attached hydrogens (tertiary/aromatic N) is 4. The predicted molar refractivity (Wildman–Crippen MR) is 111 cm³/mol. The Morgan fingerprint density at radius 2 is 1.93 bits per heavy atom. The monoisotopic (exact) mass is 399 g/mol. The SMILES string of the molecule is O=C(NC1CCCN(Cc2ccccc2)C1)c1nc(N2CCCC2)ncc1Cl. The Bertz CT molecular complexity index is 810. The molecule has 0 aliphatic carbocycles. The summed E-state index contributed by atoms with van der Waals surface area (Å²) in [6.45, 7) is 4.65. The molecule has 148 valence electrons. The molecule has 2 fully saturated rings. The van der Waals surface area contributed by atoms with Gasteiger partial charge in [-0.25, -0.2) is 9.97 Å². The molecule has 4 rings (SSSR count). The molecular formula is C21H26ClN5O. The van der Waals surface area contributed by atoms with Crippen LogP contribution in [0.4, 0.5) is 5.95 Å². The Hall–Kier alpha value is -2.18. The van der Waals surface area contributed by atoms with Crippen molar-refractivity contribution in [3.05, 3.63) is 52.8 Å². The summed E-state index contributed by atoms with van der Waals surface area (Å²) in [5.74, 6) is 0.390. The van der Waals surface area contributed by atoms with Crippen molar-refractivity contribution in [2.75, 3.05) is 31.1 Å². The van der Waals surface area contributed by atoms with Crippen LogP contribution in [0.2, 0.25) is 5.02 Å². The maximum Gasteiger partial charge on any atom is 0.271 e. The average molecular weight is 400 g/mol. The number of halogens is 1. The van der Waals surface area contributed by atoms with E-state index < -0.39 is 0 Å². The van der Waals surface area contributed by atoms with Crippen molar-refractivity contribution in [3.63, 3.8) is 0 Å². The highest BCUT2D eigenvalue weighted by Crippen LogP contribution is 2.21. The first-order valence-electron chi connectivity index (χ1n) is 10.0. The van der Waals surface area contributed by atoms with Crippen LogP contribution in [0.3, 0.4) is 0 Å². The molecule has 0 radical (unpaired) electrons. The van der Waals surface area contributed by atoms with Gasteiger partial charge in [0.25, 0.3) is 5.91 Å². The number of carbonyl (C=O) groups is 1. The molecular weight excluding hydrogens is 374 g/mol. The van der Waals surface area contributed by atoms with Gasteiger partial charge in [0.1, 0.15) is 0 Å². The molecule has 0 saturated carbocycles. The zero-order valence-corrected chi connectivity index (χ0v) is 16.7. The van der Waals surface area contributed by atoms with Crippen molar-refractivity contribution < 1.29 is 4.79 Å². The van der Waals surface area contributed by atoms with E-state index in [0.29, 0.717) is 11.0 Å². The summed E-state index contributed by atoms with van der Waals surface area (Å²) in [5.41, 5.74) is 1.57. The minimum absolute atomic E-state index is 0.103. The first-order chi connectivity index (χ1) is 13.7. The van der Waals surface area contributed by atoms with Crippen molar-refractivity contribution in [2.24, 2.45) is 0 Å².